The fourth-order valence-corrected chi connectivity index (χ4v) is 4.93. The van der Waals surface area contributed by atoms with E-state index >= 15 is 0 Å². The van der Waals surface area contributed by atoms with Gasteiger partial charge in [0, 0.05) is 77.7 Å². The number of aromatic hydroxyl groups is 2. The molecule has 0 spiro atoms. The minimum atomic E-state index is -0.447. The Morgan fingerprint density at radius 1 is 0.760 bits per heavy atom. The van der Waals surface area contributed by atoms with Crippen molar-refractivity contribution in [3.63, 3.8) is 0 Å². The Labute approximate surface area is 298 Å². The Hall–Kier alpha value is -3.87. The van der Waals surface area contributed by atoms with E-state index in [0.29, 0.717) is 24.4 Å². The number of phenolic OH excluding ortho intramolecular Hbond substituents is 2. The summed E-state index contributed by atoms with van der Waals surface area (Å²) in [5.41, 5.74) is 2.56. The van der Waals surface area contributed by atoms with Gasteiger partial charge in [0.2, 0.25) is 0 Å². The van der Waals surface area contributed by atoms with Crippen LogP contribution in [0.15, 0.2) is 36.4 Å². The van der Waals surface area contributed by atoms with E-state index in [4.69, 9.17) is 19.3 Å². The average Bonchev–Trinajstić information content (AvgIpc) is 3.65. The van der Waals surface area contributed by atoms with E-state index in [1.165, 1.54) is 24.5 Å². The topological polar surface area (TPSA) is 141 Å². The van der Waals surface area contributed by atoms with Crippen molar-refractivity contribution in [3.05, 3.63) is 58.7 Å². The van der Waals surface area contributed by atoms with E-state index in [2.05, 4.69) is 10.2 Å². The number of aldehydes is 1. The molecule has 280 valence electrons. The van der Waals surface area contributed by atoms with Crippen LogP contribution in [0.5, 0.6) is 11.5 Å². The van der Waals surface area contributed by atoms with Crippen LogP contribution in [0.3, 0.4) is 0 Å². The summed E-state index contributed by atoms with van der Waals surface area (Å²) in [6, 6.07) is 10.4. The van der Waals surface area contributed by atoms with Crippen molar-refractivity contribution in [2.75, 3.05) is 65.6 Å². The van der Waals surface area contributed by atoms with E-state index < -0.39 is 5.60 Å². The third-order valence-electron chi connectivity index (χ3n) is 7.64. The lowest BCUT2D eigenvalue weighted by atomic mass is 10.1. The van der Waals surface area contributed by atoms with E-state index in [0.717, 1.165) is 76.4 Å². The Bertz CT molecular complexity index is 1330. The molecule has 50 heavy (non-hydrogen) atoms. The zero-order valence-electron chi connectivity index (χ0n) is 31.4. The summed E-state index contributed by atoms with van der Waals surface area (Å²) in [6.45, 7) is 24.0. The molecule has 2 aromatic carbocycles. The molecule has 0 aliphatic carbocycles. The predicted octanol–water partition coefficient (Wildman–Crippen LogP) is 5.89. The van der Waals surface area contributed by atoms with Gasteiger partial charge < -0.3 is 39.5 Å². The van der Waals surface area contributed by atoms with Crippen LogP contribution in [0.1, 0.15) is 81.4 Å². The molecule has 0 saturated carbocycles. The molecule has 0 unspecified atom stereocenters. The van der Waals surface area contributed by atoms with Gasteiger partial charge in [0.25, 0.3) is 0 Å². The summed E-state index contributed by atoms with van der Waals surface area (Å²) in [6.07, 6.45) is 2.88. The van der Waals surface area contributed by atoms with Crippen LogP contribution in [0, 0.1) is 13.8 Å². The number of benzene rings is 2. The number of carbonyl (C=O) groups excluding carboxylic acids is 3. The number of hydrogen-bond acceptors (Lipinski definition) is 10. The van der Waals surface area contributed by atoms with Crippen molar-refractivity contribution >= 4 is 18.5 Å². The number of phenols is 2. The van der Waals surface area contributed by atoms with Crippen molar-refractivity contribution in [1.82, 2.24) is 20.0 Å². The normalized spacial score (nSPS) is 16.4. The first-order chi connectivity index (χ1) is 23.5. The summed E-state index contributed by atoms with van der Waals surface area (Å²) in [7, 11) is 0. The second kappa shape index (κ2) is 20.7. The molecular weight excluding hydrogens is 640 g/mol. The zero-order chi connectivity index (χ0) is 37.3. The molecule has 12 nitrogen and oxygen atoms in total. The first-order valence-corrected chi connectivity index (χ1v) is 17.5. The zero-order valence-corrected chi connectivity index (χ0v) is 31.4. The van der Waals surface area contributed by atoms with E-state index in [1.54, 1.807) is 34.9 Å². The molecule has 12 heteroatoms. The molecule has 0 radical (unpaired) electrons. The van der Waals surface area contributed by atoms with Gasteiger partial charge in [-0.2, -0.15) is 0 Å². The lowest BCUT2D eigenvalue weighted by Gasteiger charge is -2.35. The van der Waals surface area contributed by atoms with Gasteiger partial charge in [-0.05, 0) is 109 Å². The molecule has 3 N–H and O–H groups in total. The molecule has 2 amide bonds. The molecule has 3 saturated heterocycles. The maximum atomic E-state index is 12.0. The molecule has 0 bridgehead atoms. The number of ether oxygens (including phenoxy) is 3. The fourth-order valence-electron chi connectivity index (χ4n) is 4.93. The number of carbonyl (C=O) groups is 3. The molecule has 3 fully saturated rings. The van der Waals surface area contributed by atoms with Gasteiger partial charge in [-0.15, -0.1) is 0 Å². The monoisotopic (exact) mass is 700 g/mol. The lowest BCUT2D eigenvalue weighted by molar-refractivity contribution is 0.0138. The van der Waals surface area contributed by atoms with E-state index in [1.807, 2.05) is 60.6 Å². The van der Waals surface area contributed by atoms with Gasteiger partial charge >= 0.3 is 12.2 Å². The van der Waals surface area contributed by atoms with E-state index in [-0.39, 0.29) is 23.5 Å². The molecule has 0 aromatic heterocycles. The number of nitrogens with zero attached hydrogens (tertiary/aromatic N) is 3. The number of piperazine rings is 2. The SMILES string of the molecule is C1CCOC1.CC(C)(C)OC(=O)N1CCNCC1.Cc1cc(C=O)ccc1O.Cc1cc(CN2CCN(C(=O)OC(C)(C)C)CC2)ccc1O. The third-order valence-corrected chi connectivity index (χ3v) is 7.64. The molecule has 0 atom stereocenters. The highest BCUT2D eigenvalue weighted by atomic mass is 16.6. The predicted molar refractivity (Wildman–Crippen MR) is 195 cm³/mol. The van der Waals surface area contributed by atoms with Gasteiger partial charge in [-0.25, -0.2) is 9.59 Å². The van der Waals surface area contributed by atoms with Gasteiger partial charge in [-0.1, -0.05) is 12.1 Å². The fraction of sp³-hybridized carbons (Fsp3) is 0.605. The number of amides is 2. The molecule has 3 aliphatic rings. The minimum absolute atomic E-state index is 0.200. The lowest BCUT2D eigenvalue weighted by Crippen LogP contribution is -2.49. The summed E-state index contributed by atoms with van der Waals surface area (Å²) < 4.78 is 15.6. The molecule has 3 aliphatic heterocycles. The number of nitrogens with one attached hydrogen (secondary N) is 1. The first-order valence-electron chi connectivity index (χ1n) is 17.5. The standard InChI is InChI=1S/C17H26N2O3.C9H18N2O2.C8H8O2.C4H8O/c1-13-11-14(5-6-15(13)20)12-18-7-9-19(10-8-18)16(21)22-17(2,3)4;1-9(2,3)13-8(12)11-6-4-10-5-7-11;1-6-4-7(5-9)2-3-8(6)10;1-2-4-5-3-1/h5-6,11,20H,7-10,12H2,1-4H3;10H,4-7H2,1-3H3;2-5,10H,1H3;1-4H2. The molecule has 3 heterocycles. The van der Waals surface area contributed by atoms with Crippen molar-refractivity contribution in [2.24, 2.45) is 0 Å². The molecule has 2 aromatic rings. The average molecular weight is 701 g/mol. The summed E-state index contributed by atoms with van der Waals surface area (Å²) in [5.74, 6) is 0.559. The molecular formula is C38H60N4O8. The van der Waals surface area contributed by atoms with Crippen LogP contribution in [-0.4, -0.2) is 120 Å². The van der Waals surface area contributed by atoms with Crippen LogP contribution in [0.4, 0.5) is 9.59 Å². The van der Waals surface area contributed by atoms with Crippen molar-refractivity contribution in [1.29, 1.82) is 0 Å². The molecule has 5 rings (SSSR count). The van der Waals surface area contributed by atoms with Crippen molar-refractivity contribution < 1.29 is 38.8 Å². The largest absolute Gasteiger partial charge is 0.508 e. The van der Waals surface area contributed by atoms with Gasteiger partial charge in [0.15, 0.2) is 0 Å². The van der Waals surface area contributed by atoms with Gasteiger partial charge in [0.1, 0.15) is 29.0 Å². The number of hydrogen-bond donors (Lipinski definition) is 3. The highest BCUT2D eigenvalue weighted by Gasteiger charge is 2.26. The summed E-state index contributed by atoms with van der Waals surface area (Å²) >= 11 is 0. The van der Waals surface area contributed by atoms with Crippen molar-refractivity contribution in [2.45, 2.75) is 86.0 Å². The van der Waals surface area contributed by atoms with Crippen LogP contribution < -0.4 is 5.32 Å². The van der Waals surface area contributed by atoms with Gasteiger partial charge in [-0.3, -0.25) is 9.69 Å². The summed E-state index contributed by atoms with van der Waals surface area (Å²) in [5, 5.41) is 21.8. The highest BCUT2D eigenvalue weighted by Crippen LogP contribution is 2.19. The maximum absolute atomic E-state index is 12.0. The number of aryl methyl sites for hydroxylation is 2. The minimum Gasteiger partial charge on any atom is -0.508 e. The Balaban J connectivity index is 0.000000261. The van der Waals surface area contributed by atoms with Crippen LogP contribution in [-0.2, 0) is 20.8 Å². The third kappa shape index (κ3) is 17.2. The highest BCUT2D eigenvalue weighted by molar-refractivity contribution is 5.75. The van der Waals surface area contributed by atoms with Crippen molar-refractivity contribution in [3.8, 4) is 11.5 Å². The Morgan fingerprint density at radius 2 is 1.24 bits per heavy atom. The van der Waals surface area contributed by atoms with E-state index in [9.17, 15) is 19.5 Å². The van der Waals surface area contributed by atoms with Gasteiger partial charge in [0.05, 0.1) is 0 Å². The summed E-state index contributed by atoms with van der Waals surface area (Å²) in [4.78, 5) is 39.5. The Morgan fingerprint density at radius 3 is 1.66 bits per heavy atom. The second-order valence-corrected chi connectivity index (χ2v) is 14.6. The number of rotatable bonds is 3. The van der Waals surface area contributed by atoms with Crippen LogP contribution >= 0.6 is 0 Å². The van der Waals surface area contributed by atoms with Crippen LogP contribution in [0.25, 0.3) is 0 Å². The maximum Gasteiger partial charge on any atom is 0.410 e. The second-order valence-electron chi connectivity index (χ2n) is 14.6. The smallest absolute Gasteiger partial charge is 0.410 e. The first kappa shape index (κ1) is 42.3. The quantitative estimate of drug-likeness (QED) is 0.332. The van der Waals surface area contributed by atoms with Crippen LogP contribution in [0.2, 0.25) is 0 Å². The Kier molecular flexibility index (Phi) is 17.5.